The molecule has 0 fully saturated rings. The third kappa shape index (κ3) is 2.99. The fraction of sp³-hybridized carbons (Fsp3) is 0.235. The third-order valence-electron chi connectivity index (χ3n) is 3.17. The topological polar surface area (TPSA) is 52.3 Å². The molecule has 0 radical (unpaired) electrons. The molecule has 3 heteroatoms. The van der Waals surface area contributed by atoms with Gasteiger partial charge in [0, 0.05) is 11.3 Å². The number of rotatable bonds is 4. The Morgan fingerprint density at radius 2 is 1.85 bits per heavy atom. The summed E-state index contributed by atoms with van der Waals surface area (Å²) in [6.45, 7) is 5.73. The molecule has 2 aromatic carbocycles. The van der Waals surface area contributed by atoms with Crippen LogP contribution in [0.4, 0.5) is 5.69 Å². The summed E-state index contributed by atoms with van der Waals surface area (Å²) in [4.78, 5) is 11.5. The zero-order valence-electron chi connectivity index (χ0n) is 12.0. The summed E-state index contributed by atoms with van der Waals surface area (Å²) < 4.78 is 5.91. The molecule has 2 rings (SSSR count). The fourth-order valence-electron chi connectivity index (χ4n) is 2.08. The van der Waals surface area contributed by atoms with Crippen molar-refractivity contribution in [3.05, 3.63) is 53.6 Å². The monoisotopic (exact) mass is 269 g/mol. The van der Waals surface area contributed by atoms with Crippen LogP contribution in [0.5, 0.6) is 11.5 Å². The van der Waals surface area contributed by atoms with Gasteiger partial charge in [-0.15, -0.1) is 0 Å². The van der Waals surface area contributed by atoms with Gasteiger partial charge in [-0.25, -0.2) is 0 Å². The molecule has 20 heavy (non-hydrogen) atoms. The van der Waals surface area contributed by atoms with E-state index < -0.39 is 0 Å². The molecule has 0 aromatic heterocycles. The van der Waals surface area contributed by atoms with E-state index in [9.17, 15) is 4.79 Å². The summed E-state index contributed by atoms with van der Waals surface area (Å²) in [6.07, 6.45) is 0. The highest BCUT2D eigenvalue weighted by Crippen LogP contribution is 2.31. The number of hydrogen-bond acceptors (Lipinski definition) is 3. The zero-order chi connectivity index (χ0) is 14.7. The van der Waals surface area contributed by atoms with Gasteiger partial charge < -0.3 is 10.5 Å². The van der Waals surface area contributed by atoms with Gasteiger partial charge in [-0.05, 0) is 42.7 Å². The van der Waals surface area contributed by atoms with Crippen molar-refractivity contribution < 1.29 is 9.53 Å². The lowest BCUT2D eigenvalue weighted by Crippen LogP contribution is -2.00. The molecule has 0 aliphatic carbocycles. The number of anilines is 1. The molecule has 0 aliphatic heterocycles. The number of benzene rings is 2. The summed E-state index contributed by atoms with van der Waals surface area (Å²) in [5.41, 5.74) is 7.88. The zero-order valence-corrected chi connectivity index (χ0v) is 12.0. The molecule has 0 atom stereocenters. The molecule has 3 nitrogen and oxygen atoms in total. The first kappa shape index (κ1) is 14.1. The maximum atomic E-state index is 11.5. The molecule has 0 bridgehead atoms. The SMILES string of the molecule is CC(=O)c1cc(Oc2ccccc2C(C)C)ccc1N. The molecular formula is C17H19NO2. The lowest BCUT2D eigenvalue weighted by Gasteiger charge is -2.14. The van der Waals surface area contributed by atoms with Crippen molar-refractivity contribution in [1.29, 1.82) is 0 Å². The molecular weight excluding hydrogens is 250 g/mol. The quantitative estimate of drug-likeness (QED) is 0.661. The number of ketones is 1. The maximum absolute atomic E-state index is 11.5. The van der Waals surface area contributed by atoms with E-state index in [1.54, 1.807) is 18.2 Å². The summed E-state index contributed by atoms with van der Waals surface area (Å²) in [5, 5.41) is 0. The van der Waals surface area contributed by atoms with Gasteiger partial charge in [0.05, 0.1) is 0 Å². The van der Waals surface area contributed by atoms with Crippen molar-refractivity contribution in [2.75, 3.05) is 5.73 Å². The van der Waals surface area contributed by atoms with Crippen molar-refractivity contribution in [3.8, 4) is 11.5 Å². The van der Waals surface area contributed by atoms with Gasteiger partial charge in [0.2, 0.25) is 0 Å². The number of nitrogen functional groups attached to an aromatic ring is 1. The Labute approximate surface area is 119 Å². The highest BCUT2D eigenvalue weighted by Gasteiger charge is 2.10. The Kier molecular flexibility index (Phi) is 4.08. The summed E-state index contributed by atoms with van der Waals surface area (Å²) in [7, 11) is 0. The molecule has 0 amide bonds. The van der Waals surface area contributed by atoms with Gasteiger partial charge in [-0.1, -0.05) is 32.0 Å². The van der Waals surface area contributed by atoms with E-state index in [0.29, 0.717) is 22.9 Å². The van der Waals surface area contributed by atoms with Crippen LogP contribution in [0.2, 0.25) is 0 Å². The predicted molar refractivity (Wildman–Crippen MR) is 81.5 cm³/mol. The van der Waals surface area contributed by atoms with Crippen molar-refractivity contribution in [3.63, 3.8) is 0 Å². The Hall–Kier alpha value is -2.29. The fourth-order valence-corrected chi connectivity index (χ4v) is 2.08. The average molecular weight is 269 g/mol. The first-order valence-corrected chi connectivity index (χ1v) is 6.66. The van der Waals surface area contributed by atoms with Crippen LogP contribution in [0.1, 0.15) is 42.6 Å². The molecule has 0 saturated carbocycles. The van der Waals surface area contributed by atoms with Gasteiger partial charge in [0.1, 0.15) is 11.5 Å². The number of hydrogen-bond donors (Lipinski definition) is 1. The van der Waals surface area contributed by atoms with Crippen molar-refractivity contribution in [1.82, 2.24) is 0 Å². The lowest BCUT2D eigenvalue weighted by molar-refractivity contribution is 0.101. The Morgan fingerprint density at radius 1 is 1.15 bits per heavy atom. The van der Waals surface area contributed by atoms with E-state index >= 15 is 0 Å². The second-order valence-electron chi connectivity index (χ2n) is 5.10. The van der Waals surface area contributed by atoms with Crippen LogP contribution in [0.15, 0.2) is 42.5 Å². The number of carbonyl (C=O) groups excluding carboxylic acids is 1. The van der Waals surface area contributed by atoms with E-state index in [0.717, 1.165) is 11.3 Å². The largest absolute Gasteiger partial charge is 0.457 e. The van der Waals surface area contributed by atoms with E-state index in [1.807, 2.05) is 24.3 Å². The standard InChI is InChI=1S/C17H19NO2/c1-11(2)14-6-4-5-7-17(14)20-13-8-9-16(18)15(10-13)12(3)19/h4-11H,18H2,1-3H3. The molecule has 2 N–H and O–H groups in total. The van der Waals surface area contributed by atoms with Crippen LogP contribution in [-0.4, -0.2) is 5.78 Å². The Balaban J connectivity index is 2.36. The van der Waals surface area contributed by atoms with Crippen molar-refractivity contribution in [2.45, 2.75) is 26.7 Å². The van der Waals surface area contributed by atoms with Gasteiger partial charge in [0.15, 0.2) is 5.78 Å². The summed E-state index contributed by atoms with van der Waals surface area (Å²) in [6, 6.07) is 13.1. The second-order valence-corrected chi connectivity index (χ2v) is 5.10. The Bertz CT molecular complexity index is 633. The summed E-state index contributed by atoms with van der Waals surface area (Å²) in [5.74, 6) is 1.73. The predicted octanol–water partition coefficient (Wildman–Crippen LogP) is 4.39. The smallest absolute Gasteiger partial charge is 0.162 e. The molecule has 0 unspecified atom stereocenters. The number of carbonyl (C=O) groups is 1. The lowest BCUT2D eigenvalue weighted by atomic mass is 10.0. The first-order chi connectivity index (χ1) is 9.49. The maximum Gasteiger partial charge on any atom is 0.162 e. The molecule has 0 saturated heterocycles. The van der Waals surface area contributed by atoms with Gasteiger partial charge in [-0.3, -0.25) is 4.79 Å². The first-order valence-electron chi connectivity index (χ1n) is 6.66. The molecule has 104 valence electrons. The van der Waals surface area contributed by atoms with E-state index in [2.05, 4.69) is 13.8 Å². The minimum Gasteiger partial charge on any atom is -0.457 e. The highest BCUT2D eigenvalue weighted by atomic mass is 16.5. The number of ether oxygens (including phenoxy) is 1. The molecule has 0 spiro atoms. The highest BCUT2D eigenvalue weighted by molar-refractivity contribution is 5.99. The summed E-state index contributed by atoms with van der Waals surface area (Å²) >= 11 is 0. The van der Waals surface area contributed by atoms with E-state index in [4.69, 9.17) is 10.5 Å². The van der Waals surface area contributed by atoms with Gasteiger partial charge >= 0.3 is 0 Å². The van der Waals surface area contributed by atoms with Crippen molar-refractivity contribution in [2.24, 2.45) is 0 Å². The molecule has 0 aliphatic rings. The molecule has 2 aromatic rings. The number of nitrogens with two attached hydrogens (primary N) is 1. The average Bonchev–Trinajstić information content (AvgIpc) is 2.41. The van der Waals surface area contributed by atoms with E-state index in [-0.39, 0.29) is 5.78 Å². The molecule has 0 heterocycles. The second kappa shape index (κ2) is 5.78. The normalized spacial score (nSPS) is 10.6. The van der Waals surface area contributed by atoms with E-state index in [1.165, 1.54) is 6.92 Å². The number of Topliss-reactive ketones (excluding diaryl/α,β-unsaturated/α-hetero) is 1. The van der Waals surface area contributed by atoms with Crippen LogP contribution < -0.4 is 10.5 Å². The van der Waals surface area contributed by atoms with Gasteiger partial charge in [-0.2, -0.15) is 0 Å². The minimum absolute atomic E-state index is 0.0647. The van der Waals surface area contributed by atoms with Crippen molar-refractivity contribution >= 4 is 11.5 Å². The van der Waals surface area contributed by atoms with Crippen LogP contribution in [-0.2, 0) is 0 Å². The van der Waals surface area contributed by atoms with Crippen LogP contribution in [0.25, 0.3) is 0 Å². The third-order valence-corrected chi connectivity index (χ3v) is 3.17. The minimum atomic E-state index is -0.0647. The van der Waals surface area contributed by atoms with Crippen LogP contribution in [0, 0.1) is 0 Å². The van der Waals surface area contributed by atoms with Gasteiger partial charge in [0.25, 0.3) is 0 Å². The van der Waals surface area contributed by atoms with Crippen LogP contribution >= 0.6 is 0 Å². The number of para-hydroxylation sites is 1. The Morgan fingerprint density at radius 3 is 2.50 bits per heavy atom. The van der Waals surface area contributed by atoms with Crippen LogP contribution in [0.3, 0.4) is 0 Å².